The first kappa shape index (κ1) is 22.7. The molecule has 166 valence electrons. The number of ether oxygens (including phenoxy) is 1. The fraction of sp³-hybridized carbons (Fsp3) is 0.619. The molecule has 1 aromatic carbocycles. The Morgan fingerprint density at radius 2 is 1.73 bits per heavy atom. The average molecular weight is 441 g/mol. The summed E-state index contributed by atoms with van der Waals surface area (Å²) in [7, 11) is -3.72. The van der Waals surface area contributed by atoms with Crippen LogP contribution in [0.4, 0.5) is 4.39 Å². The first-order valence-corrected chi connectivity index (χ1v) is 12.0. The van der Waals surface area contributed by atoms with Crippen LogP contribution in [0.3, 0.4) is 0 Å². The van der Waals surface area contributed by atoms with Crippen LogP contribution in [0.2, 0.25) is 0 Å². The number of hydrogen-bond acceptors (Lipinski definition) is 5. The maximum absolute atomic E-state index is 13.1. The molecule has 9 heteroatoms. The van der Waals surface area contributed by atoms with Crippen molar-refractivity contribution >= 4 is 21.9 Å². The molecule has 2 saturated heterocycles. The number of piperidine rings is 2. The Labute approximate surface area is 177 Å². The van der Waals surface area contributed by atoms with Gasteiger partial charge in [-0.1, -0.05) is 6.92 Å². The number of sulfonamides is 1. The summed E-state index contributed by atoms with van der Waals surface area (Å²) in [5, 5.41) is 0. The third kappa shape index (κ3) is 5.18. The van der Waals surface area contributed by atoms with Crippen LogP contribution in [0.1, 0.15) is 45.4 Å². The maximum atomic E-state index is 13.1. The van der Waals surface area contributed by atoms with Gasteiger partial charge >= 0.3 is 5.97 Å². The van der Waals surface area contributed by atoms with Crippen LogP contribution >= 0.6 is 0 Å². The normalized spacial score (nSPS) is 21.4. The number of amides is 1. The minimum Gasteiger partial charge on any atom is -0.455 e. The molecular formula is C21H29FN2O5S. The largest absolute Gasteiger partial charge is 0.455 e. The van der Waals surface area contributed by atoms with Gasteiger partial charge in [-0.15, -0.1) is 0 Å². The Morgan fingerprint density at radius 1 is 1.07 bits per heavy atom. The number of likely N-dealkylation sites (tertiary alicyclic amines) is 1. The topological polar surface area (TPSA) is 84.0 Å². The van der Waals surface area contributed by atoms with Crippen molar-refractivity contribution in [3.8, 4) is 0 Å². The van der Waals surface area contributed by atoms with Crippen LogP contribution in [0.15, 0.2) is 29.2 Å². The summed E-state index contributed by atoms with van der Waals surface area (Å²) in [5.41, 5.74) is 0. The summed E-state index contributed by atoms with van der Waals surface area (Å²) < 4.78 is 45.0. The molecule has 1 amide bonds. The molecule has 0 aliphatic carbocycles. The van der Waals surface area contributed by atoms with E-state index in [1.807, 2.05) is 4.90 Å². The predicted molar refractivity (Wildman–Crippen MR) is 108 cm³/mol. The minimum atomic E-state index is -3.72. The maximum Gasteiger partial charge on any atom is 0.309 e. The lowest BCUT2D eigenvalue weighted by atomic mass is 9.98. The predicted octanol–water partition coefficient (Wildman–Crippen LogP) is 2.56. The van der Waals surface area contributed by atoms with E-state index < -0.39 is 27.7 Å². The van der Waals surface area contributed by atoms with Crippen molar-refractivity contribution in [1.82, 2.24) is 9.21 Å². The van der Waals surface area contributed by atoms with Crippen molar-refractivity contribution in [3.05, 3.63) is 30.1 Å². The number of carbonyl (C=O) groups excluding carboxylic acids is 2. The monoisotopic (exact) mass is 440 g/mol. The Morgan fingerprint density at radius 3 is 2.37 bits per heavy atom. The molecule has 2 aliphatic rings. The molecule has 0 radical (unpaired) electrons. The molecule has 30 heavy (non-hydrogen) atoms. The number of esters is 1. The van der Waals surface area contributed by atoms with E-state index in [2.05, 4.69) is 6.92 Å². The van der Waals surface area contributed by atoms with Crippen LogP contribution in [0.5, 0.6) is 0 Å². The van der Waals surface area contributed by atoms with Gasteiger partial charge in [0.15, 0.2) is 6.61 Å². The van der Waals surface area contributed by atoms with Gasteiger partial charge in [0, 0.05) is 25.7 Å². The van der Waals surface area contributed by atoms with E-state index in [0.29, 0.717) is 19.4 Å². The Kier molecular flexibility index (Phi) is 7.46. The number of halogens is 1. The van der Waals surface area contributed by atoms with E-state index >= 15 is 0 Å². The van der Waals surface area contributed by atoms with Gasteiger partial charge < -0.3 is 9.64 Å². The molecule has 2 heterocycles. The summed E-state index contributed by atoms with van der Waals surface area (Å²) in [6.07, 6.45) is 4.61. The molecule has 0 saturated carbocycles. The molecule has 2 fully saturated rings. The number of rotatable bonds is 6. The Balaban J connectivity index is 1.49. The van der Waals surface area contributed by atoms with Gasteiger partial charge in [0.05, 0.1) is 10.8 Å². The van der Waals surface area contributed by atoms with E-state index in [4.69, 9.17) is 4.74 Å². The van der Waals surface area contributed by atoms with E-state index in [1.165, 1.54) is 16.4 Å². The average Bonchev–Trinajstić information content (AvgIpc) is 2.77. The van der Waals surface area contributed by atoms with Crippen molar-refractivity contribution in [2.45, 2.75) is 56.4 Å². The summed E-state index contributed by atoms with van der Waals surface area (Å²) in [5.74, 6) is -1.54. The molecule has 0 aromatic heterocycles. The Bertz CT molecular complexity index is 851. The number of hydrogen-bond donors (Lipinski definition) is 0. The standard InChI is InChI=1S/C21H29FN2O5S/c1-2-18-5-3-4-12-24(18)20(25)15-29-21(26)16-10-13-23(14-11-16)30(27,28)19-8-6-17(22)7-9-19/h6-9,16,18H,2-5,10-15H2,1H3. The molecule has 1 atom stereocenters. The zero-order valence-corrected chi connectivity index (χ0v) is 18.1. The zero-order valence-electron chi connectivity index (χ0n) is 17.3. The van der Waals surface area contributed by atoms with Crippen molar-refractivity contribution in [2.24, 2.45) is 5.92 Å². The lowest BCUT2D eigenvalue weighted by Crippen LogP contribution is -2.46. The van der Waals surface area contributed by atoms with Crippen molar-refractivity contribution in [3.63, 3.8) is 0 Å². The third-order valence-corrected chi connectivity index (χ3v) is 7.91. The van der Waals surface area contributed by atoms with Crippen LogP contribution in [0.25, 0.3) is 0 Å². The molecule has 2 aliphatic heterocycles. The molecule has 0 spiro atoms. The fourth-order valence-electron chi connectivity index (χ4n) is 4.17. The summed E-state index contributed by atoms with van der Waals surface area (Å²) in [4.78, 5) is 26.7. The van der Waals surface area contributed by atoms with E-state index in [9.17, 15) is 22.4 Å². The highest BCUT2D eigenvalue weighted by molar-refractivity contribution is 7.89. The first-order valence-electron chi connectivity index (χ1n) is 10.5. The lowest BCUT2D eigenvalue weighted by molar-refractivity contribution is -0.157. The molecule has 3 rings (SSSR count). The van der Waals surface area contributed by atoms with E-state index in [-0.39, 0.29) is 36.5 Å². The molecule has 7 nitrogen and oxygen atoms in total. The number of nitrogens with zero attached hydrogens (tertiary/aromatic N) is 2. The lowest BCUT2D eigenvalue weighted by Gasteiger charge is -2.35. The van der Waals surface area contributed by atoms with Gasteiger partial charge in [0.1, 0.15) is 5.82 Å². The smallest absolute Gasteiger partial charge is 0.309 e. The SMILES string of the molecule is CCC1CCCCN1C(=O)COC(=O)C1CCN(S(=O)(=O)c2ccc(F)cc2)CC1. The van der Waals surface area contributed by atoms with Gasteiger partial charge in [-0.2, -0.15) is 4.31 Å². The van der Waals surface area contributed by atoms with Gasteiger partial charge in [-0.3, -0.25) is 9.59 Å². The molecule has 1 aromatic rings. The highest BCUT2D eigenvalue weighted by Gasteiger charge is 2.33. The second kappa shape index (κ2) is 9.87. The summed E-state index contributed by atoms with van der Waals surface area (Å²) in [6, 6.07) is 4.91. The fourth-order valence-corrected chi connectivity index (χ4v) is 5.64. The Hall–Kier alpha value is -2.00. The summed E-state index contributed by atoms with van der Waals surface area (Å²) >= 11 is 0. The minimum absolute atomic E-state index is 0.0301. The highest BCUT2D eigenvalue weighted by atomic mass is 32.2. The number of benzene rings is 1. The molecule has 1 unspecified atom stereocenters. The van der Waals surface area contributed by atoms with E-state index in [0.717, 1.165) is 37.8 Å². The zero-order chi connectivity index (χ0) is 21.7. The summed E-state index contributed by atoms with van der Waals surface area (Å²) in [6.45, 7) is 2.85. The van der Waals surface area contributed by atoms with Crippen molar-refractivity contribution < 1.29 is 27.1 Å². The van der Waals surface area contributed by atoms with Crippen LogP contribution < -0.4 is 0 Å². The van der Waals surface area contributed by atoms with Crippen molar-refractivity contribution in [1.29, 1.82) is 0 Å². The van der Waals surface area contributed by atoms with Crippen molar-refractivity contribution in [2.75, 3.05) is 26.2 Å². The van der Waals surface area contributed by atoms with Gasteiger partial charge in [-0.05, 0) is 62.8 Å². The van der Waals surface area contributed by atoms with Gasteiger partial charge in [0.25, 0.3) is 5.91 Å². The van der Waals surface area contributed by atoms with E-state index in [1.54, 1.807) is 0 Å². The molecular weight excluding hydrogens is 411 g/mol. The highest BCUT2D eigenvalue weighted by Crippen LogP contribution is 2.25. The number of carbonyl (C=O) groups is 2. The van der Waals surface area contributed by atoms with Gasteiger partial charge in [-0.25, -0.2) is 12.8 Å². The molecule has 0 bridgehead atoms. The second-order valence-electron chi connectivity index (χ2n) is 7.88. The second-order valence-corrected chi connectivity index (χ2v) is 9.82. The van der Waals surface area contributed by atoms with Crippen LogP contribution in [-0.2, 0) is 24.3 Å². The van der Waals surface area contributed by atoms with Crippen LogP contribution in [-0.4, -0.2) is 61.8 Å². The third-order valence-electron chi connectivity index (χ3n) is 6.00. The quantitative estimate of drug-likeness (QED) is 0.635. The van der Waals surface area contributed by atoms with Crippen LogP contribution in [0, 0.1) is 11.7 Å². The molecule has 0 N–H and O–H groups in total. The first-order chi connectivity index (χ1) is 14.3. The van der Waals surface area contributed by atoms with Gasteiger partial charge in [0.2, 0.25) is 10.0 Å².